The van der Waals surface area contributed by atoms with Gasteiger partial charge in [0.25, 0.3) is 0 Å². The number of carbonyl (C=O) groups excluding carboxylic acids is 1. The van der Waals surface area contributed by atoms with Crippen molar-refractivity contribution in [2.24, 2.45) is 0 Å². The molecule has 150 valence electrons. The molecule has 0 saturated heterocycles. The van der Waals surface area contributed by atoms with Crippen molar-refractivity contribution in [3.05, 3.63) is 76.5 Å². The van der Waals surface area contributed by atoms with Gasteiger partial charge in [-0.3, -0.25) is 14.5 Å². The molecule has 0 fully saturated rings. The third-order valence-electron chi connectivity index (χ3n) is 4.29. The van der Waals surface area contributed by atoms with Gasteiger partial charge in [-0.15, -0.1) is 0 Å². The second kappa shape index (κ2) is 9.54. The molecule has 0 bridgehead atoms. The molecule has 0 spiro atoms. The summed E-state index contributed by atoms with van der Waals surface area (Å²) in [4.78, 5) is 14.4. The number of aromatic nitrogens is 3. The summed E-state index contributed by atoms with van der Waals surface area (Å²) in [5.74, 6) is 1.28. The van der Waals surface area contributed by atoms with E-state index in [9.17, 15) is 4.79 Å². The molecule has 1 N–H and O–H groups in total. The summed E-state index contributed by atoms with van der Waals surface area (Å²) in [5, 5.41) is 7.65. The van der Waals surface area contributed by atoms with Crippen LogP contribution in [0, 0.1) is 4.77 Å². The molecule has 0 unspecified atom stereocenters. The summed E-state index contributed by atoms with van der Waals surface area (Å²) < 4.78 is 7.55. The smallest absolute Gasteiger partial charge is 0.242 e. The molecule has 3 aromatic rings. The number of likely N-dealkylation sites (N-methyl/N-ethyl adjacent to an activating group) is 1. The molecule has 0 atom stereocenters. The molecule has 1 amide bonds. The molecular weight excluding hydrogens is 408 g/mol. The van der Waals surface area contributed by atoms with E-state index in [2.05, 4.69) is 16.8 Å². The molecule has 29 heavy (non-hydrogen) atoms. The summed E-state index contributed by atoms with van der Waals surface area (Å²) in [6.07, 6.45) is 1.69. The third kappa shape index (κ3) is 5.34. The molecule has 3 rings (SSSR count). The highest BCUT2D eigenvalue weighted by atomic mass is 35.5. The molecule has 0 saturated carbocycles. The van der Waals surface area contributed by atoms with Crippen LogP contribution in [0.3, 0.4) is 0 Å². The van der Waals surface area contributed by atoms with E-state index in [4.69, 9.17) is 28.6 Å². The summed E-state index contributed by atoms with van der Waals surface area (Å²) in [6, 6.07) is 14.9. The zero-order valence-electron chi connectivity index (χ0n) is 16.0. The minimum atomic E-state index is -0.0790. The SMILES string of the molecule is C=CCOc1ccc(CN(C)C(=O)Cn2c(-c3ccc(Cl)cc3)n[nH]c2=S)cc1. The standard InChI is InChI=1S/C21H21ClN4O2S/c1-3-12-28-18-10-4-15(5-11-18)13-25(2)19(27)14-26-20(23-24-21(26)29)16-6-8-17(22)9-7-16/h3-11H,1,12-14H2,2H3,(H,24,29). The summed E-state index contributed by atoms with van der Waals surface area (Å²) in [5.41, 5.74) is 1.83. The van der Waals surface area contributed by atoms with Crippen molar-refractivity contribution in [1.29, 1.82) is 0 Å². The number of amides is 1. The van der Waals surface area contributed by atoms with Crippen LogP contribution in [0.1, 0.15) is 5.56 Å². The van der Waals surface area contributed by atoms with Crippen molar-refractivity contribution in [1.82, 2.24) is 19.7 Å². The summed E-state index contributed by atoms with van der Waals surface area (Å²) in [7, 11) is 1.76. The van der Waals surface area contributed by atoms with E-state index in [1.54, 1.807) is 34.7 Å². The minimum Gasteiger partial charge on any atom is -0.490 e. The van der Waals surface area contributed by atoms with Gasteiger partial charge in [0.15, 0.2) is 10.6 Å². The van der Waals surface area contributed by atoms with E-state index in [1.807, 2.05) is 36.4 Å². The summed E-state index contributed by atoms with van der Waals surface area (Å²) in [6.45, 7) is 4.65. The average molecular weight is 429 g/mol. The van der Waals surface area contributed by atoms with E-state index < -0.39 is 0 Å². The Hall–Kier alpha value is -2.90. The minimum absolute atomic E-state index is 0.0790. The van der Waals surface area contributed by atoms with Crippen molar-refractivity contribution in [2.45, 2.75) is 13.1 Å². The van der Waals surface area contributed by atoms with E-state index in [1.165, 1.54) is 0 Å². The lowest BCUT2D eigenvalue weighted by atomic mass is 10.2. The van der Waals surface area contributed by atoms with Gasteiger partial charge in [-0.2, -0.15) is 5.10 Å². The Morgan fingerprint density at radius 1 is 1.28 bits per heavy atom. The fourth-order valence-electron chi connectivity index (χ4n) is 2.75. The quantitative estimate of drug-likeness (QED) is 0.424. The Labute approximate surface area is 179 Å². The van der Waals surface area contributed by atoms with Crippen molar-refractivity contribution >= 4 is 29.7 Å². The van der Waals surface area contributed by atoms with Crippen LogP contribution in [-0.4, -0.2) is 39.2 Å². The van der Waals surface area contributed by atoms with Gasteiger partial charge < -0.3 is 9.64 Å². The van der Waals surface area contributed by atoms with Crippen LogP contribution in [-0.2, 0) is 17.9 Å². The number of nitrogens with one attached hydrogen (secondary N) is 1. The molecule has 0 aliphatic heterocycles. The van der Waals surface area contributed by atoms with Crippen LogP contribution in [0.15, 0.2) is 61.2 Å². The number of ether oxygens (including phenoxy) is 1. The Bertz CT molecular complexity index is 1040. The lowest BCUT2D eigenvalue weighted by Gasteiger charge is -2.18. The fraction of sp³-hybridized carbons (Fsp3) is 0.190. The van der Waals surface area contributed by atoms with Crippen LogP contribution >= 0.6 is 23.8 Å². The molecule has 1 aromatic heterocycles. The van der Waals surface area contributed by atoms with Gasteiger partial charge in [0.05, 0.1) is 0 Å². The Morgan fingerprint density at radius 3 is 2.62 bits per heavy atom. The highest BCUT2D eigenvalue weighted by Crippen LogP contribution is 2.20. The van der Waals surface area contributed by atoms with Gasteiger partial charge >= 0.3 is 0 Å². The Kier molecular flexibility index (Phi) is 6.85. The van der Waals surface area contributed by atoms with Gasteiger partial charge in [-0.25, -0.2) is 0 Å². The van der Waals surface area contributed by atoms with Crippen molar-refractivity contribution in [3.8, 4) is 17.1 Å². The van der Waals surface area contributed by atoms with Crippen LogP contribution in [0.4, 0.5) is 0 Å². The molecule has 1 heterocycles. The maximum absolute atomic E-state index is 12.8. The molecule has 0 aliphatic rings. The van der Waals surface area contributed by atoms with Crippen molar-refractivity contribution in [2.75, 3.05) is 13.7 Å². The molecular formula is C21H21ClN4O2S. The van der Waals surface area contributed by atoms with E-state index in [0.717, 1.165) is 16.9 Å². The second-order valence-corrected chi connectivity index (χ2v) is 7.26. The van der Waals surface area contributed by atoms with Gasteiger partial charge in [0.2, 0.25) is 5.91 Å². The largest absolute Gasteiger partial charge is 0.490 e. The number of rotatable bonds is 8. The zero-order valence-corrected chi connectivity index (χ0v) is 17.5. The van der Waals surface area contributed by atoms with Crippen LogP contribution < -0.4 is 4.74 Å². The number of halogens is 1. The number of hydrogen-bond acceptors (Lipinski definition) is 4. The Morgan fingerprint density at radius 2 is 1.97 bits per heavy atom. The molecule has 0 radical (unpaired) electrons. The van der Waals surface area contributed by atoms with Crippen molar-refractivity contribution < 1.29 is 9.53 Å². The summed E-state index contributed by atoms with van der Waals surface area (Å²) >= 11 is 11.3. The first-order chi connectivity index (χ1) is 14.0. The van der Waals surface area contributed by atoms with Crippen LogP contribution in [0.2, 0.25) is 5.02 Å². The van der Waals surface area contributed by atoms with E-state index in [-0.39, 0.29) is 12.5 Å². The number of nitrogens with zero attached hydrogens (tertiary/aromatic N) is 3. The first-order valence-electron chi connectivity index (χ1n) is 8.95. The maximum Gasteiger partial charge on any atom is 0.242 e. The van der Waals surface area contributed by atoms with E-state index in [0.29, 0.717) is 28.8 Å². The number of H-pyrrole nitrogens is 1. The van der Waals surface area contributed by atoms with Crippen LogP contribution in [0.25, 0.3) is 11.4 Å². The fourth-order valence-corrected chi connectivity index (χ4v) is 3.07. The second-order valence-electron chi connectivity index (χ2n) is 6.44. The average Bonchev–Trinajstić information content (AvgIpc) is 3.08. The third-order valence-corrected chi connectivity index (χ3v) is 4.85. The predicted octanol–water partition coefficient (Wildman–Crippen LogP) is 4.48. The van der Waals surface area contributed by atoms with Crippen molar-refractivity contribution in [3.63, 3.8) is 0 Å². The first-order valence-corrected chi connectivity index (χ1v) is 9.74. The van der Waals surface area contributed by atoms with Gasteiger partial charge in [0, 0.05) is 24.2 Å². The lowest BCUT2D eigenvalue weighted by Crippen LogP contribution is -2.30. The highest BCUT2D eigenvalue weighted by Gasteiger charge is 2.15. The van der Waals surface area contributed by atoms with Gasteiger partial charge in [-0.1, -0.05) is 36.4 Å². The van der Waals surface area contributed by atoms with Crippen LogP contribution in [0.5, 0.6) is 5.75 Å². The van der Waals surface area contributed by atoms with E-state index >= 15 is 0 Å². The highest BCUT2D eigenvalue weighted by molar-refractivity contribution is 7.71. The Balaban J connectivity index is 1.68. The number of carbonyl (C=O) groups is 1. The number of benzene rings is 2. The lowest BCUT2D eigenvalue weighted by molar-refractivity contribution is -0.131. The monoisotopic (exact) mass is 428 g/mol. The number of aromatic amines is 1. The number of hydrogen-bond donors (Lipinski definition) is 1. The predicted molar refractivity (Wildman–Crippen MR) is 116 cm³/mol. The molecule has 0 aliphatic carbocycles. The van der Waals surface area contributed by atoms with Gasteiger partial charge in [-0.05, 0) is 54.2 Å². The van der Waals surface area contributed by atoms with Gasteiger partial charge in [0.1, 0.15) is 18.9 Å². The molecule has 2 aromatic carbocycles. The maximum atomic E-state index is 12.8. The zero-order chi connectivity index (χ0) is 20.8. The normalized spacial score (nSPS) is 10.6. The first kappa shape index (κ1) is 20.8. The molecule has 8 heteroatoms. The topological polar surface area (TPSA) is 63.1 Å². The molecule has 6 nitrogen and oxygen atoms in total.